The molecular weight excluding hydrogens is 687 g/mol. The predicted molar refractivity (Wildman–Crippen MR) is 195 cm³/mol. The molecule has 0 radical (unpaired) electrons. The van der Waals surface area contributed by atoms with Crippen molar-refractivity contribution in [3.05, 3.63) is 67.3 Å². The van der Waals surface area contributed by atoms with E-state index in [4.69, 9.17) is 19.2 Å². The average Bonchev–Trinajstić information content (AvgIpc) is 3.37. The van der Waals surface area contributed by atoms with Crippen LogP contribution >= 0.6 is 7.60 Å². The first-order chi connectivity index (χ1) is 24.6. The van der Waals surface area contributed by atoms with Crippen molar-refractivity contribution in [1.29, 1.82) is 0 Å². The van der Waals surface area contributed by atoms with Crippen LogP contribution < -0.4 is 20.1 Å². The number of carbonyl (C=O) groups excluding carboxylic acids is 3. The summed E-state index contributed by atoms with van der Waals surface area (Å²) < 4.78 is 30.3. The number of fused-ring (bicyclic) bond motifs is 1. The largest absolute Gasteiger partial charge is 0.497 e. The number of alkyl carbamates (subject to hydrolysis) is 1. The highest BCUT2D eigenvalue weighted by atomic mass is 31.2. The van der Waals surface area contributed by atoms with Crippen molar-refractivity contribution in [2.75, 3.05) is 13.7 Å². The second-order valence-corrected chi connectivity index (χ2v) is 16.9. The Bertz CT molecular complexity index is 1890. The minimum absolute atomic E-state index is 0.0115. The van der Waals surface area contributed by atoms with Gasteiger partial charge in [-0.1, -0.05) is 57.2 Å². The number of aromatic nitrogens is 1. The van der Waals surface area contributed by atoms with Crippen LogP contribution in [-0.4, -0.2) is 80.8 Å². The zero-order valence-electron chi connectivity index (χ0n) is 29.9. The molecule has 1 aromatic heterocycles. The summed E-state index contributed by atoms with van der Waals surface area (Å²) in [6.07, 6.45) is 3.20. The molecule has 1 aliphatic heterocycles. The molecule has 6 rings (SSSR count). The Morgan fingerprint density at radius 3 is 2.40 bits per heavy atom. The van der Waals surface area contributed by atoms with Crippen LogP contribution in [0.2, 0.25) is 0 Å². The van der Waals surface area contributed by atoms with Gasteiger partial charge < -0.3 is 39.5 Å². The van der Waals surface area contributed by atoms with Gasteiger partial charge in [0, 0.05) is 35.4 Å². The van der Waals surface area contributed by atoms with Crippen molar-refractivity contribution < 1.29 is 42.9 Å². The zero-order valence-corrected chi connectivity index (χ0v) is 30.8. The van der Waals surface area contributed by atoms with Crippen LogP contribution in [0.15, 0.2) is 67.3 Å². The number of nitrogens with one attached hydrogen (secondary N) is 2. The minimum Gasteiger partial charge on any atom is -0.497 e. The molecule has 0 spiro atoms. The molecule has 278 valence electrons. The highest BCUT2D eigenvalue weighted by Crippen LogP contribution is 2.67. The quantitative estimate of drug-likeness (QED) is 0.145. The number of nitrogens with zero attached hydrogens (tertiary/aromatic N) is 2. The molecular formula is C38H47N4O9P. The minimum atomic E-state index is -4.81. The summed E-state index contributed by atoms with van der Waals surface area (Å²) in [5, 5.41) is 4.24. The fraction of sp³-hybridized carbons (Fsp3) is 0.474. The molecule has 3 amide bonds. The number of ether oxygens (including phenoxy) is 3. The zero-order chi connectivity index (χ0) is 37.4. The third-order valence-corrected chi connectivity index (χ3v) is 11.9. The van der Waals surface area contributed by atoms with Crippen molar-refractivity contribution in [2.24, 2.45) is 11.3 Å². The number of rotatable bonds is 11. The maximum Gasteiger partial charge on any atom is 0.408 e. The van der Waals surface area contributed by atoms with E-state index < -0.39 is 60.3 Å². The number of hydrogen-bond donors (Lipinski definition) is 4. The van der Waals surface area contributed by atoms with E-state index in [0.717, 1.165) is 31.2 Å². The van der Waals surface area contributed by atoms with Crippen molar-refractivity contribution in [3.8, 4) is 22.8 Å². The summed E-state index contributed by atoms with van der Waals surface area (Å²) in [7, 11) is -3.25. The fourth-order valence-corrected chi connectivity index (χ4v) is 8.47. The van der Waals surface area contributed by atoms with Crippen LogP contribution in [0.1, 0.15) is 59.3 Å². The predicted octanol–water partition coefficient (Wildman–Crippen LogP) is 5.54. The number of methoxy groups -OCH3 is 1. The fourth-order valence-electron chi connectivity index (χ4n) is 7.24. The third-order valence-electron chi connectivity index (χ3n) is 10.3. The second kappa shape index (κ2) is 14.5. The molecule has 4 N–H and O–H groups in total. The Hall–Kier alpha value is -4.45. The van der Waals surface area contributed by atoms with Crippen molar-refractivity contribution in [2.45, 2.75) is 88.9 Å². The third kappa shape index (κ3) is 7.67. The van der Waals surface area contributed by atoms with Gasteiger partial charge in [-0.25, -0.2) is 9.78 Å². The SMILES string of the molecule is C=CC1CC1(NC(=O)C1C[C@@H](Oc2cc(-c3ccccc3)nc3cc(OC)ccc23)CN1C(=O)C(NC(=O)OC1CCCC1)C(C)(C)C)P(=O)(O)O. The van der Waals surface area contributed by atoms with Crippen LogP contribution in [0, 0.1) is 11.3 Å². The number of benzene rings is 2. The molecule has 2 aromatic carbocycles. The lowest BCUT2D eigenvalue weighted by molar-refractivity contribution is -0.142. The van der Waals surface area contributed by atoms with E-state index >= 15 is 0 Å². The van der Waals surface area contributed by atoms with Gasteiger partial charge in [0.25, 0.3) is 0 Å². The molecule has 52 heavy (non-hydrogen) atoms. The Morgan fingerprint density at radius 1 is 1.08 bits per heavy atom. The van der Waals surface area contributed by atoms with E-state index in [1.807, 2.05) is 42.5 Å². The van der Waals surface area contributed by atoms with Crippen LogP contribution in [0.3, 0.4) is 0 Å². The van der Waals surface area contributed by atoms with Gasteiger partial charge in [-0.15, -0.1) is 6.58 Å². The number of likely N-dealkylation sites (tertiary alicyclic amines) is 1. The summed E-state index contributed by atoms with van der Waals surface area (Å²) in [6, 6.07) is 14.5. The van der Waals surface area contributed by atoms with Gasteiger partial charge in [-0.05, 0) is 49.7 Å². The average molecular weight is 735 g/mol. The summed E-state index contributed by atoms with van der Waals surface area (Å²) in [6.45, 7) is 9.03. The second-order valence-electron chi connectivity index (χ2n) is 15.0. The molecule has 1 saturated heterocycles. The molecule has 5 atom stereocenters. The number of carbonyl (C=O) groups is 3. The van der Waals surface area contributed by atoms with E-state index in [2.05, 4.69) is 17.2 Å². The first-order valence-electron chi connectivity index (χ1n) is 17.6. The van der Waals surface area contributed by atoms with Gasteiger partial charge in [0.2, 0.25) is 11.8 Å². The summed E-state index contributed by atoms with van der Waals surface area (Å²) >= 11 is 0. The normalized spacial score (nSPS) is 23.9. The maximum atomic E-state index is 14.5. The molecule has 2 saturated carbocycles. The standard InChI is InChI=1S/C38H47N4O9P/c1-6-24-21-38(24,52(46,47)48)41-34(43)31-19-27(22-42(31)35(44)33(37(2,3)4)40-36(45)51-25-14-10-11-15-25)50-32-20-29(23-12-8-7-9-13-23)39-30-18-26(49-5)16-17-28(30)32/h6-9,12-13,16-18,20,24-25,27,31,33H,1,10-11,14-15,19,21-22H2,2-5H3,(H,40,45)(H,41,43)(H2,46,47,48)/t24?,27-,31?,33?,38?/m1/s1. The highest BCUT2D eigenvalue weighted by Gasteiger charge is 2.66. The maximum absolute atomic E-state index is 14.5. The van der Waals surface area contributed by atoms with E-state index in [-0.39, 0.29) is 25.5 Å². The van der Waals surface area contributed by atoms with E-state index in [9.17, 15) is 28.7 Å². The number of amides is 3. The molecule has 13 nitrogen and oxygen atoms in total. The molecule has 14 heteroatoms. The topological polar surface area (TPSA) is 177 Å². The first kappa shape index (κ1) is 37.3. The molecule has 3 aliphatic rings. The van der Waals surface area contributed by atoms with E-state index in [1.54, 1.807) is 40.0 Å². The Morgan fingerprint density at radius 2 is 1.79 bits per heavy atom. The van der Waals surface area contributed by atoms with Gasteiger partial charge >= 0.3 is 13.7 Å². The van der Waals surface area contributed by atoms with E-state index in [0.29, 0.717) is 28.1 Å². The summed E-state index contributed by atoms with van der Waals surface area (Å²) in [4.78, 5) is 68.4. The first-order valence-corrected chi connectivity index (χ1v) is 19.2. The Kier molecular flexibility index (Phi) is 10.4. The van der Waals surface area contributed by atoms with E-state index in [1.165, 1.54) is 11.0 Å². The van der Waals surface area contributed by atoms with Gasteiger partial charge in [0.05, 0.1) is 24.9 Å². The van der Waals surface area contributed by atoms with Crippen molar-refractivity contribution in [3.63, 3.8) is 0 Å². The summed E-state index contributed by atoms with van der Waals surface area (Å²) in [5.74, 6) is -0.841. The van der Waals surface area contributed by atoms with Gasteiger partial charge in [0.1, 0.15) is 41.1 Å². The molecule has 3 aromatic rings. The lowest BCUT2D eigenvalue weighted by atomic mass is 9.85. The molecule has 0 bridgehead atoms. The molecule has 3 fully saturated rings. The lowest BCUT2D eigenvalue weighted by Gasteiger charge is -2.35. The van der Waals surface area contributed by atoms with Crippen LogP contribution in [0.5, 0.6) is 11.5 Å². The molecule has 2 heterocycles. The number of pyridine rings is 1. The Labute approximate surface area is 303 Å². The molecule has 2 aliphatic carbocycles. The Balaban J connectivity index is 1.33. The summed E-state index contributed by atoms with van der Waals surface area (Å²) in [5.41, 5.74) is 1.31. The van der Waals surface area contributed by atoms with Crippen LogP contribution in [-0.2, 0) is 18.9 Å². The highest BCUT2D eigenvalue weighted by molar-refractivity contribution is 7.54. The van der Waals surface area contributed by atoms with Gasteiger partial charge in [-0.2, -0.15) is 0 Å². The van der Waals surface area contributed by atoms with Gasteiger partial charge in [-0.3, -0.25) is 14.2 Å². The van der Waals surface area contributed by atoms with Crippen LogP contribution in [0.25, 0.3) is 22.2 Å². The van der Waals surface area contributed by atoms with Crippen LogP contribution in [0.4, 0.5) is 4.79 Å². The van der Waals surface area contributed by atoms with Crippen molar-refractivity contribution in [1.82, 2.24) is 20.5 Å². The molecule has 4 unspecified atom stereocenters. The lowest BCUT2D eigenvalue weighted by Crippen LogP contribution is -2.58. The monoisotopic (exact) mass is 734 g/mol. The number of hydrogen-bond acceptors (Lipinski definition) is 8. The smallest absolute Gasteiger partial charge is 0.408 e. The van der Waals surface area contributed by atoms with Gasteiger partial charge in [0.15, 0.2) is 0 Å². The van der Waals surface area contributed by atoms with Crippen molar-refractivity contribution >= 4 is 36.4 Å².